The van der Waals surface area contributed by atoms with Gasteiger partial charge in [-0.2, -0.15) is 0 Å². The zero-order chi connectivity index (χ0) is 12.2. The molecular weight excluding hydrogens is 202 g/mol. The Morgan fingerprint density at radius 2 is 1.88 bits per heavy atom. The highest BCUT2D eigenvalue weighted by Gasteiger charge is 2.18. The summed E-state index contributed by atoms with van der Waals surface area (Å²) < 4.78 is 0. The highest BCUT2D eigenvalue weighted by Crippen LogP contribution is 2.22. The standard InChI is InChI=1S/C13H21NO2/c1-4-14(10-13(2,3)16)12-8-6-5-7-11(12)9-15/h5-8,15-16H,4,9-10H2,1-3H3. The van der Waals surface area contributed by atoms with E-state index in [4.69, 9.17) is 0 Å². The van der Waals surface area contributed by atoms with Crippen molar-refractivity contribution < 1.29 is 10.2 Å². The van der Waals surface area contributed by atoms with Crippen molar-refractivity contribution in [1.29, 1.82) is 0 Å². The van der Waals surface area contributed by atoms with Crippen molar-refractivity contribution in [2.24, 2.45) is 0 Å². The molecule has 0 saturated carbocycles. The van der Waals surface area contributed by atoms with Gasteiger partial charge in [-0.1, -0.05) is 18.2 Å². The second kappa shape index (κ2) is 5.32. The minimum atomic E-state index is -0.738. The summed E-state index contributed by atoms with van der Waals surface area (Å²) in [6.45, 7) is 7.01. The van der Waals surface area contributed by atoms with Crippen LogP contribution in [-0.2, 0) is 6.61 Å². The Balaban J connectivity index is 2.94. The second-order valence-electron chi connectivity index (χ2n) is 4.61. The topological polar surface area (TPSA) is 43.7 Å². The van der Waals surface area contributed by atoms with Gasteiger partial charge in [-0.3, -0.25) is 0 Å². The number of anilines is 1. The van der Waals surface area contributed by atoms with E-state index in [1.807, 2.05) is 31.2 Å². The first-order chi connectivity index (χ1) is 7.48. The fourth-order valence-corrected chi connectivity index (χ4v) is 1.79. The maximum absolute atomic E-state index is 9.84. The number of rotatable bonds is 5. The molecule has 0 bridgehead atoms. The number of aliphatic hydroxyl groups excluding tert-OH is 1. The summed E-state index contributed by atoms with van der Waals surface area (Å²) >= 11 is 0. The smallest absolute Gasteiger partial charge is 0.0765 e. The Hall–Kier alpha value is -1.06. The van der Waals surface area contributed by atoms with Gasteiger partial charge in [0.2, 0.25) is 0 Å². The summed E-state index contributed by atoms with van der Waals surface area (Å²) in [6.07, 6.45) is 0. The van der Waals surface area contributed by atoms with Crippen LogP contribution in [0, 0.1) is 0 Å². The van der Waals surface area contributed by atoms with Crippen LogP contribution in [0.3, 0.4) is 0 Å². The lowest BCUT2D eigenvalue weighted by molar-refractivity contribution is 0.0875. The number of benzene rings is 1. The fraction of sp³-hybridized carbons (Fsp3) is 0.538. The van der Waals surface area contributed by atoms with Gasteiger partial charge < -0.3 is 15.1 Å². The molecule has 2 N–H and O–H groups in total. The van der Waals surface area contributed by atoms with E-state index in [1.165, 1.54) is 0 Å². The first kappa shape index (κ1) is 13.0. The zero-order valence-corrected chi connectivity index (χ0v) is 10.3. The number of para-hydroxylation sites is 1. The molecule has 0 aromatic heterocycles. The minimum Gasteiger partial charge on any atom is -0.392 e. The predicted octanol–water partition coefficient (Wildman–Crippen LogP) is 1.78. The van der Waals surface area contributed by atoms with E-state index in [0.717, 1.165) is 17.8 Å². The summed E-state index contributed by atoms with van der Waals surface area (Å²) in [5, 5.41) is 19.1. The lowest BCUT2D eigenvalue weighted by atomic mass is 10.1. The van der Waals surface area contributed by atoms with Gasteiger partial charge in [0.25, 0.3) is 0 Å². The molecule has 1 rings (SSSR count). The lowest BCUT2D eigenvalue weighted by Gasteiger charge is -2.31. The lowest BCUT2D eigenvalue weighted by Crippen LogP contribution is -2.39. The second-order valence-corrected chi connectivity index (χ2v) is 4.61. The van der Waals surface area contributed by atoms with E-state index in [-0.39, 0.29) is 6.61 Å². The summed E-state index contributed by atoms with van der Waals surface area (Å²) in [5.74, 6) is 0. The molecule has 0 atom stereocenters. The third-order valence-electron chi connectivity index (χ3n) is 2.46. The molecule has 3 nitrogen and oxygen atoms in total. The van der Waals surface area contributed by atoms with Crippen LogP contribution in [0.5, 0.6) is 0 Å². The monoisotopic (exact) mass is 223 g/mol. The quantitative estimate of drug-likeness (QED) is 0.799. The number of likely N-dealkylation sites (N-methyl/N-ethyl adjacent to an activating group) is 1. The third kappa shape index (κ3) is 3.51. The van der Waals surface area contributed by atoms with Crippen LogP contribution in [0.1, 0.15) is 26.3 Å². The van der Waals surface area contributed by atoms with Gasteiger partial charge >= 0.3 is 0 Å². The van der Waals surface area contributed by atoms with Crippen molar-refractivity contribution in [3.63, 3.8) is 0 Å². The van der Waals surface area contributed by atoms with Crippen molar-refractivity contribution in [1.82, 2.24) is 0 Å². The van der Waals surface area contributed by atoms with Crippen molar-refractivity contribution >= 4 is 5.69 Å². The van der Waals surface area contributed by atoms with Crippen LogP contribution in [0.2, 0.25) is 0 Å². The first-order valence-electron chi connectivity index (χ1n) is 5.64. The van der Waals surface area contributed by atoms with Crippen LogP contribution in [-0.4, -0.2) is 28.9 Å². The Labute approximate surface area is 97.3 Å². The van der Waals surface area contributed by atoms with Crippen molar-refractivity contribution in [2.75, 3.05) is 18.0 Å². The summed E-state index contributed by atoms with van der Waals surface area (Å²) in [5.41, 5.74) is 1.15. The molecule has 0 aliphatic heterocycles. The Bertz CT molecular complexity index is 331. The van der Waals surface area contributed by atoms with E-state index < -0.39 is 5.60 Å². The van der Waals surface area contributed by atoms with E-state index in [1.54, 1.807) is 13.8 Å². The minimum absolute atomic E-state index is 0.0263. The molecule has 90 valence electrons. The summed E-state index contributed by atoms with van der Waals surface area (Å²) in [6, 6.07) is 7.73. The SMILES string of the molecule is CCN(CC(C)(C)O)c1ccccc1CO. The molecule has 3 heteroatoms. The molecule has 16 heavy (non-hydrogen) atoms. The van der Waals surface area contributed by atoms with Crippen molar-refractivity contribution in [3.05, 3.63) is 29.8 Å². The van der Waals surface area contributed by atoms with Gasteiger partial charge in [0, 0.05) is 24.3 Å². The number of hydrogen-bond donors (Lipinski definition) is 2. The van der Waals surface area contributed by atoms with E-state index >= 15 is 0 Å². The van der Waals surface area contributed by atoms with Gasteiger partial charge in [0.15, 0.2) is 0 Å². The van der Waals surface area contributed by atoms with Gasteiger partial charge in [0.1, 0.15) is 0 Å². The van der Waals surface area contributed by atoms with Crippen LogP contribution in [0.15, 0.2) is 24.3 Å². The molecule has 1 aromatic carbocycles. The summed E-state index contributed by atoms with van der Waals surface area (Å²) in [7, 11) is 0. The van der Waals surface area contributed by atoms with Crippen LogP contribution < -0.4 is 4.90 Å². The molecule has 1 aromatic rings. The Morgan fingerprint density at radius 3 is 2.38 bits per heavy atom. The van der Waals surface area contributed by atoms with E-state index in [0.29, 0.717) is 6.54 Å². The molecule has 0 fully saturated rings. The van der Waals surface area contributed by atoms with Crippen LogP contribution in [0.4, 0.5) is 5.69 Å². The molecule has 0 aliphatic rings. The highest BCUT2D eigenvalue weighted by molar-refractivity contribution is 5.53. The Kier molecular flexibility index (Phi) is 4.33. The largest absolute Gasteiger partial charge is 0.392 e. The average molecular weight is 223 g/mol. The van der Waals surface area contributed by atoms with Gasteiger partial charge in [-0.25, -0.2) is 0 Å². The maximum atomic E-state index is 9.84. The van der Waals surface area contributed by atoms with Crippen molar-refractivity contribution in [3.8, 4) is 0 Å². The first-order valence-corrected chi connectivity index (χ1v) is 5.64. The molecule has 0 radical (unpaired) electrons. The maximum Gasteiger partial charge on any atom is 0.0765 e. The molecule has 0 heterocycles. The average Bonchev–Trinajstić information content (AvgIpc) is 2.24. The van der Waals surface area contributed by atoms with Gasteiger partial charge in [-0.15, -0.1) is 0 Å². The zero-order valence-electron chi connectivity index (χ0n) is 10.3. The van der Waals surface area contributed by atoms with Crippen LogP contribution in [0.25, 0.3) is 0 Å². The third-order valence-corrected chi connectivity index (χ3v) is 2.46. The summed E-state index contributed by atoms with van der Waals surface area (Å²) in [4.78, 5) is 2.07. The normalized spacial score (nSPS) is 11.6. The van der Waals surface area contributed by atoms with Crippen molar-refractivity contribution in [2.45, 2.75) is 33.0 Å². The van der Waals surface area contributed by atoms with Gasteiger partial charge in [-0.05, 0) is 26.8 Å². The number of nitrogens with zero attached hydrogens (tertiary/aromatic N) is 1. The predicted molar refractivity (Wildman–Crippen MR) is 66.5 cm³/mol. The Morgan fingerprint density at radius 1 is 1.25 bits per heavy atom. The number of hydrogen-bond acceptors (Lipinski definition) is 3. The molecule has 0 aliphatic carbocycles. The molecule has 0 amide bonds. The van der Waals surface area contributed by atoms with E-state index in [9.17, 15) is 10.2 Å². The van der Waals surface area contributed by atoms with Crippen LogP contribution >= 0.6 is 0 Å². The molecule has 0 spiro atoms. The molecular formula is C13H21NO2. The fourth-order valence-electron chi connectivity index (χ4n) is 1.79. The highest BCUT2D eigenvalue weighted by atomic mass is 16.3. The number of aliphatic hydroxyl groups is 2. The molecule has 0 saturated heterocycles. The van der Waals surface area contributed by atoms with Gasteiger partial charge in [0.05, 0.1) is 12.2 Å². The van der Waals surface area contributed by atoms with E-state index in [2.05, 4.69) is 4.90 Å². The molecule has 0 unspecified atom stereocenters.